The van der Waals surface area contributed by atoms with Crippen LogP contribution < -0.4 is 0 Å². The summed E-state index contributed by atoms with van der Waals surface area (Å²) in [5, 5.41) is 0. The molecular weight excluding hydrogens is 264 g/mol. The molecule has 1 saturated carbocycles. The fourth-order valence-corrected chi connectivity index (χ4v) is 4.10. The van der Waals surface area contributed by atoms with Crippen LogP contribution in [0, 0.1) is 23.7 Å². The molecule has 0 aromatic heterocycles. The summed E-state index contributed by atoms with van der Waals surface area (Å²) in [6.45, 7) is 4.56. The first kappa shape index (κ1) is 15.8. The number of hydrogen-bond acceptors (Lipinski definition) is 0. The van der Waals surface area contributed by atoms with Gasteiger partial charge >= 0.3 is 0 Å². The predicted molar refractivity (Wildman–Crippen MR) is 96.7 cm³/mol. The van der Waals surface area contributed by atoms with E-state index in [0.717, 1.165) is 23.7 Å². The van der Waals surface area contributed by atoms with E-state index in [0.29, 0.717) is 0 Å². The van der Waals surface area contributed by atoms with Crippen LogP contribution >= 0.6 is 0 Å². The SMILES string of the molecule is CCCCC1=CC(CC2C[C@H]2C2C=CC(CCCC)=C2)C=C1. The van der Waals surface area contributed by atoms with Gasteiger partial charge in [0.2, 0.25) is 0 Å². The molecule has 0 amide bonds. The molecule has 3 rings (SSSR count). The Kier molecular flexibility index (Phi) is 5.39. The summed E-state index contributed by atoms with van der Waals surface area (Å²) in [5.74, 6) is 3.39. The van der Waals surface area contributed by atoms with E-state index in [4.69, 9.17) is 0 Å². The van der Waals surface area contributed by atoms with Crippen molar-refractivity contribution in [2.75, 3.05) is 0 Å². The van der Waals surface area contributed by atoms with E-state index in [-0.39, 0.29) is 0 Å². The molecule has 3 aliphatic rings. The van der Waals surface area contributed by atoms with Crippen LogP contribution in [0.25, 0.3) is 0 Å². The smallest absolute Gasteiger partial charge is 0.00134 e. The van der Waals surface area contributed by atoms with Crippen molar-refractivity contribution in [3.8, 4) is 0 Å². The zero-order chi connectivity index (χ0) is 15.4. The first-order chi connectivity index (χ1) is 10.8. The van der Waals surface area contributed by atoms with E-state index in [1.54, 1.807) is 11.1 Å². The van der Waals surface area contributed by atoms with Gasteiger partial charge in [0.25, 0.3) is 0 Å². The maximum Gasteiger partial charge on any atom is -0.00134 e. The monoisotopic (exact) mass is 296 g/mol. The Balaban J connectivity index is 1.42. The Hall–Kier alpha value is -1.04. The van der Waals surface area contributed by atoms with Crippen molar-refractivity contribution < 1.29 is 0 Å². The van der Waals surface area contributed by atoms with Gasteiger partial charge in [-0.25, -0.2) is 0 Å². The molecule has 1 fully saturated rings. The molecule has 0 bridgehead atoms. The van der Waals surface area contributed by atoms with E-state index < -0.39 is 0 Å². The molecule has 120 valence electrons. The molecule has 3 unspecified atom stereocenters. The third kappa shape index (κ3) is 4.03. The minimum Gasteiger partial charge on any atom is -0.0773 e. The van der Waals surface area contributed by atoms with Gasteiger partial charge in [0, 0.05) is 0 Å². The Morgan fingerprint density at radius 1 is 0.909 bits per heavy atom. The van der Waals surface area contributed by atoms with Gasteiger partial charge in [0.15, 0.2) is 0 Å². The fourth-order valence-electron chi connectivity index (χ4n) is 4.10. The van der Waals surface area contributed by atoms with Crippen molar-refractivity contribution in [1.82, 2.24) is 0 Å². The summed E-state index contributed by atoms with van der Waals surface area (Å²) in [6, 6.07) is 0. The van der Waals surface area contributed by atoms with Gasteiger partial charge < -0.3 is 0 Å². The van der Waals surface area contributed by atoms with Crippen LogP contribution in [0.2, 0.25) is 0 Å². The van der Waals surface area contributed by atoms with Gasteiger partial charge in [-0.05, 0) is 62.2 Å². The number of rotatable bonds is 9. The molecule has 0 radical (unpaired) electrons. The van der Waals surface area contributed by atoms with Gasteiger partial charge in [-0.2, -0.15) is 0 Å². The van der Waals surface area contributed by atoms with E-state index >= 15 is 0 Å². The lowest BCUT2D eigenvalue weighted by Crippen LogP contribution is -1.98. The molecule has 22 heavy (non-hydrogen) atoms. The van der Waals surface area contributed by atoms with Gasteiger partial charge in [-0.15, -0.1) is 0 Å². The number of unbranched alkanes of at least 4 members (excludes halogenated alkanes) is 2. The molecule has 0 heterocycles. The van der Waals surface area contributed by atoms with E-state index in [1.165, 1.54) is 51.4 Å². The van der Waals surface area contributed by atoms with Crippen LogP contribution in [0.5, 0.6) is 0 Å². The lowest BCUT2D eigenvalue weighted by Gasteiger charge is -2.07. The maximum atomic E-state index is 2.56. The van der Waals surface area contributed by atoms with E-state index in [9.17, 15) is 0 Å². The molecule has 0 spiro atoms. The minimum atomic E-state index is 0.732. The summed E-state index contributed by atoms with van der Waals surface area (Å²) in [6.07, 6.45) is 25.5. The Bertz CT molecular complexity index is 488. The quantitative estimate of drug-likeness (QED) is 0.448. The normalized spacial score (nSPS) is 32.5. The van der Waals surface area contributed by atoms with Crippen LogP contribution in [0.15, 0.2) is 47.6 Å². The van der Waals surface area contributed by atoms with Crippen LogP contribution in [-0.4, -0.2) is 0 Å². The predicted octanol–water partition coefficient (Wildman–Crippen LogP) is 6.62. The van der Waals surface area contributed by atoms with Crippen LogP contribution in [0.3, 0.4) is 0 Å². The lowest BCUT2D eigenvalue weighted by molar-refractivity contribution is 0.552. The second-order valence-corrected chi connectivity index (χ2v) is 7.55. The van der Waals surface area contributed by atoms with Crippen molar-refractivity contribution in [3.05, 3.63) is 47.6 Å². The molecule has 0 saturated heterocycles. The summed E-state index contributed by atoms with van der Waals surface area (Å²) >= 11 is 0. The highest BCUT2D eigenvalue weighted by Gasteiger charge is 2.42. The molecule has 0 aromatic carbocycles. The topological polar surface area (TPSA) is 0 Å². The van der Waals surface area contributed by atoms with Crippen molar-refractivity contribution in [1.29, 1.82) is 0 Å². The molecule has 0 aromatic rings. The summed E-state index contributed by atoms with van der Waals surface area (Å²) in [5.41, 5.74) is 3.19. The standard InChI is InChI=1S/C22H32/c1-3-5-7-17-9-10-19(13-17)15-21-16-22(21)20-12-11-18(14-20)8-6-4-2/h9-14,19-22H,3-8,15-16H2,1-2H3/t19?,20?,21?,22-/m0/s1. The van der Waals surface area contributed by atoms with Gasteiger partial charge in [0.1, 0.15) is 0 Å². The van der Waals surface area contributed by atoms with Crippen molar-refractivity contribution >= 4 is 0 Å². The highest BCUT2D eigenvalue weighted by Crippen LogP contribution is 2.51. The van der Waals surface area contributed by atoms with Crippen LogP contribution in [0.1, 0.15) is 65.2 Å². The zero-order valence-corrected chi connectivity index (χ0v) is 14.4. The maximum absolute atomic E-state index is 2.56. The molecule has 0 aliphatic heterocycles. The molecule has 0 heteroatoms. The third-order valence-corrected chi connectivity index (χ3v) is 5.61. The average Bonchev–Trinajstić information content (AvgIpc) is 2.94. The molecule has 0 nitrogen and oxygen atoms in total. The highest BCUT2D eigenvalue weighted by atomic mass is 14.5. The van der Waals surface area contributed by atoms with Gasteiger partial charge in [-0.3, -0.25) is 0 Å². The van der Waals surface area contributed by atoms with E-state index in [2.05, 4.69) is 50.3 Å². The zero-order valence-electron chi connectivity index (χ0n) is 14.4. The largest absolute Gasteiger partial charge is 0.0773 e. The number of hydrogen-bond donors (Lipinski definition) is 0. The molecular formula is C22H32. The summed E-state index contributed by atoms with van der Waals surface area (Å²) in [4.78, 5) is 0. The Morgan fingerprint density at radius 3 is 2.32 bits per heavy atom. The van der Waals surface area contributed by atoms with Crippen molar-refractivity contribution in [2.24, 2.45) is 23.7 Å². The molecule has 0 N–H and O–H groups in total. The van der Waals surface area contributed by atoms with Crippen molar-refractivity contribution in [3.63, 3.8) is 0 Å². The van der Waals surface area contributed by atoms with Crippen LogP contribution in [0.4, 0.5) is 0 Å². The Labute approximate surface area is 137 Å². The highest BCUT2D eigenvalue weighted by molar-refractivity contribution is 5.32. The van der Waals surface area contributed by atoms with E-state index in [1.807, 2.05) is 0 Å². The lowest BCUT2D eigenvalue weighted by atomic mass is 9.97. The molecule has 3 aliphatic carbocycles. The fraction of sp³-hybridized carbons (Fsp3) is 0.636. The van der Waals surface area contributed by atoms with Gasteiger partial charge in [0.05, 0.1) is 0 Å². The summed E-state index contributed by atoms with van der Waals surface area (Å²) < 4.78 is 0. The second kappa shape index (κ2) is 7.49. The minimum absolute atomic E-state index is 0.732. The first-order valence-electron chi connectivity index (χ1n) is 9.58. The molecule has 4 atom stereocenters. The summed E-state index contributed by atoms with van der Waals surface area (Å²) in [7, 11) is 0. The van der Waals surface area contributed by atoms with Crippen molar-refractivity contribution in [2.45, 2.75) is 65.2 Å². The van der Waals surface area contributed by atoms with Crippen LogP contribution in [-0.2, 0) is 0 Å². The second-order valence-electron chi connectivity index (χ2n) is 7.55. The number of allylic oxidation sites excluding steroid dienone is 8. The van der Waals surface area contributed by atoms with Gasteiger partial charge in [-0.1, -0.05) is 74.3 Å². The Morgan fingerprint density at radius 2 is 1.59 bits per heavy atom. The first-order valence-corrected chi connectivity index (χ1v) is 9.58. The third-order valence-electron chi connectivity index (χ3n) is 5.61. The average molecular weight is 296 g/mol.